The number of sulfonamides is 1. The third-order valence-electron chi connectivity index (χ3n) is 3.41. The molecule has 0 amide bonds. The highest BCUT2D eigenvalue weighted by molar-refractivity contribution is 7.89. The molecule has 1 heterocycles. The Hall–Kier alpha value is -2.65. The molecule has 0 unspecified atom stereocenters. The van der Waals surface area contributed by atoms with Crippen molar-refractivity contribution < 1.29 is 21.6 Å². The van der Waals surface area contributed by atoms with Crippen LogP contribution >= 0.6 is 0 Å². The van der Waals surface area contributed by atoms with E-state index in [1.165, 1.54) is 6.20 Å². The lowest BCUT2D eigenvalue weighted by atomic mass is 10.3. The van der Waals surface area contributed by atoms with E-state index < -0.39 is 32.4 Å². The van der Waals surface area contributed by atoms with Crippen molar-refractivity contribution in [3.63, 3.8) is 0 Å². The lowest BCUT2D eigenvalue weighted by Crippen LogP contribution is -2.24. The van der Waals surface area contributed by atoms with Gasteiger partial charge in [-0.25, -0.2) is 31.0 Å². The van der Waals surface area contributed by atoms with E-state index in [1.54, 1.807) is 10.9 Å². The van der Waals surface area contributed by atoms with Crippen molar-refractivity contribution in [2.45, 2.75) is 11.4 Å². The lowest BCUT2D eigenvalue weighted by Gasteiger charge is -2.07. The molecule has 0 saturated heterocycles. The first kappa shape index (κ1) is 17.2. The number of aromatic nitrogens is 2. The number of nitrogens with zero attached hydrogens (tertiary/aromatic N) is 2. The third-order valence-corrected chi connectivity index (χ3v) is 4.83. The van der Waals surface area contributed by atoms with Gasteiger partial charge in [-0.2, -0.15) is 5.10 Å². The highest BCUT2D eigenvalue weighted by Gasteiger charge is 2.23. The highest BCUT2D eigenvalue weighted by atomic mass is 32.2. The van der Waals surface area contributed by atoms with Crippen LogP contribution in [-0.2, 0) is 16.6 Å². The number of nitrogens with one attached hydrogen (secondary N) is 1. The molecule has 3 rings (SSSR count). The van der Waals surface area contributed by atoms with Crippen LogP contribution in [0.3, 0.4) is 0 Å². The van der Waals surface area contributed by atoms with Gasteiger partial charge in [0.1, 0.15) is 4.90 Å². The van der Waals surface area contributed by atoms with Crippen molar-refractivity contribution >= 4 is 10.0 Å². The molecule has 1 N–H and O–H groups in total. The van der Waals surface area contributed by atoms with Crippen LogP contribution in [0.25, 0.3) is 5.69 Å². The van der Waals surface area contributed by atoms with Crippen molar-refractivity contribution in [1.29, 1.82) is 0 Å². The van der Waals surface area contributed by atoms with Crippen LogP contribution in [0, 0.1) is 17.5 Å². The van der Waals surface area contributed by atoms with Gasteiger partial charge in [0.25, 0.3) is 0 Å². The van der Waals surface area contributed by atoms with Crippen LogP contribution in [0.5, 0.6) is 0 Å². The third kappa shape index (κ3) is 3.57. The SMILES string of the molecule is O=S(=O)(NCc1cnn(-c2ccccc2)c1)c1ccc(F)c(F)c1F. The molecule has 0 bridgehead atoms. The molecular weight excluding hydrogens is 355 g/mol. The second-order valence-electron chi connectivity index (χ2n) is 5.13. The molecule has 130 valence electrons. The normalized spacial score (nSPS) is 11.6. The van der Waals surface area contributed by atoms with Gasteiger partial charge in [-0.05, 0) is 24.3 Å². The molecule has 0 atom stereocenters. The van der Waals surface area contributed by atoms with Gasteiger partial charge in [0.05, 0.1) is 11.9 Å². The van der Waals surface area contributed by atoms with Crippen LogP contribution in [0.2, 0.25) is 0 Å². The maximum absolute atomic E-state index is 13.7. The fraction of sp³-hybridized carbons (Fsp3) is 0.0625. The number of para-hydroxylation sites is 1. The Balaban J connectivity index is 1.77. The van der Waals surface area contributed by atoms with Crippen LogP contribution in [0.15, 0.2) is 59.8 Å². The molecule has 0 fully saturated rings. The van der Waals surface area contributed by atoms with Gasteiger partial charge in [0, 0.05) is 18.3 Å². The summed E-state index contributed by atoms with van der Waals surface area (Å²) in [5.41, 5.74) is 1.29. The molecule has 9 heteroatoms. The van der Waals surface area contributed by atoms with Crippen molar-refractivity contribution in [3.8, 4) is 5.69 Å². The molecule has 0 spiro atoms. The molecule has 25 heavy (non-hydrogen) atoms. The van der Waals surface area contributed by atoms with E-state index >= 15 is 0 Å². The topological polar surface area (TPSA) is 64.0 Å². The first-order valence-corrected chi connectivity index (χ1v) is 8.59. The number of halogens is 3. The Labute approximate surface area is 141 Å². The monoisotopic (exact) mass is 367 g/mol. The van der Waals surface area contributed by atoms with Gasteiger partial charge in [-0.3, -0.25) is 0 Å². The fourth-order valence-corrected chi connectivity index (χ4v) is 3.23. The van der Waals surface area contributed by atoms with E-state index in [0.717, 1.165) is 5.69 Å². The molecule has 0 radical (unpaired) electrons. The van der Waals surface area contributed by atoms with E-state index in [9.17, 15) is 21.6 Å². The van der Waals surface area contributed by atoms with Crippen LogP contribution in [0.1, 0.15) is 5.56 Å². The minimum atomic E-state index is -4.35. The quantitative estimate of drug-likeness (QED) is 0.706. The summed E-state index contributed by atoms with van der Waals surface area (Å²) in [5.74, 6) is -5.05. The number of hydrogen-bond acceptors (Lipinski definition) is 3. The molecule has 3 aromatic rings. The van der Waals surface area contributed by atoms with Crippen molar-refractivity contribution in [2.24, 2.45) is 0 Å². The summed E-state index contributed by atoms with van der Waals surface area (Å²) >= 11 is 0. The van der Waals surface area contributed by atoms with Crippen molar-refractivity contribution in [2.75, 3.05) is 0 Å². The van der Waals surface area contributed by atoms with Gasteiger partial charge < -0.3 is 0 Å². The maximum atomic E-state index is 13.7. The molecule has 0 saturated carbocycles. The van der Waals surface area contributed by atoms with Crippen molar-refractivity contribution in [3.05, 3.63) is 77.9 Å². The maximum Gasteiger partial charge on any atom is 0.243 e. The van der Waals surface area contributed by atoms with Crippen LogP contribution < -0.4 is 4.72 Å². The Morgan fingerprint density at radius 3 is 2.44 bits per heavy atom. The molecule has 0 aliphatic carbocycles. The lowest BCUT2D eigenvalue weighted by molar-refractivity contribution is 0.431. The smallest absolute Gasteiger partial charge is 0.241 e. The predicted molar refractivity (Wildman–Crippen MR) is 83.9 cm³/mol. The Bertz CT molecular complexity index is 1000. The zero-order chi connectivity index (χ0) is 18.0. The summed E-state index contributed by atoms with van der Waals surface area (Å²) in [5, 5.41) is 4.10. The summed E-state index contributed by atoms with van der Waals surface area (Å²) < 4.78 is 67.7. The highest BCUT2D eigenvalue weighted by Crippen LogP contribution is 2.19. The number of benzene rings is 2. The van der Waals surface area contributed by atoms with Gasteiger partial charge in [-0.15, -0.1) is 0 Å². The van der Waals surface area contributed by atoms with Gasteiger partial charge in [0.15, 0.2) is 17.5 Å². The zero-order valence-corrected chi connectivity index (χ0v) is 13.5. The Kier molecular flexibility index (Phi) is 4.60. The zero-order valence-electron chi connectivity index (χ0n) is 12.7. The fourth-order valence-electron chi connectivity index (χ4n) is 2.15. The van der Waals surface area contributed by atoms with E-state index in [1.807, 2.05) is 30.3 Å². The van der Waals surface area contributed by atoms with E-state index in [2.05, 4.69) is 9.82 Å². The van der Waals surface area contributed by atoms with Crippen LogP contribution in [0.4, 0.5) is 13.2 Å². The molecule has 0 aliphatic heterocycles. The molecular formula is C16H12F3N3O2S. The second kappa shape index (κ2) is 6.69. The molecule has 0 aliphatic rings. The van der Waals surface area contributed by atoms with E-state index in [4.69, 9.17) is 0 Å². The Morgan fingerprint density at radius 2 is 1.72 bits per heavy atom. The molecule has 2 aromatic carbocycles. The van der Waals surface area contributed by atoms with Crippen molar-refractivity contribution in [1.82, 2.24) is 14.5 Å². The average Bonchev–Trinajstić information content (AvgIpc) is 3.08. The minimum Gasteiger partial charge on any atom is -0.241 e. The average molecular weight is 367 g/mol. The van der Waals surface area contributed by atoms with Crippen LogP contribution in [-0.4, -0.2) is 18.2 Å². The first-order chi connectivity index (χ1) is 11.9. The van der Waals surface area contributed by atoms with Gasteiger partial charge in [0.2, 0.25) is 10.0 Å². The minimum absolute atomic E-state index is 0.187. The largest absolute Gasteiger partial charge is 0.243 e. The summed E-state index contributed by atoms with van der Waals surface area (Å²) in [4.78, 5) is -0.957. The summed E-state index contributed by atoms with van der Waals surface area (Å²) in [6.45, 7) is -0.187. The molecule has 1 aromatic heterocycles. The predicted octanol–water partition coefficient (Wildman–Crippen LogP) is 2.77. The standard InChI is InChI=1S/C16H12F3N3O2S/c17-13-6-7-14(16(19)15(13)18)25(23,24)21-9-11-8-20-22(10-11)12-4-2-1-3-5-12/h1-8,10,21H,9H2. The van der Waals surface area contributed by atoms with Gasteiger partial charge in [-0.1, -0.05) is 18.2 Å². The Morgan fingerprint density at radius 1 is 1.00 bits per heavy atom. The van der Waals surface area contributed by atoms with E-state index in [0.29, 0.717) is 17.7 Å². The molecule has 5 nitrogen and oxygen atoms in total. The van der Waals surface area contributed by atoms with E-state index in [-0.39, 0.29) is 6.54 Å². The summed E-state index contributed by atoms with van der Waals surface area (Å²) in [6, 6.07) is 10.4. The number of rotatable bonds is 5. The summed E-state index contributed by atoms with van der Waals surface area (Å²) in [7, 11) is -4.35. The summed E-state index contributed by atoms with van der Waals surface area (Å²) in [6.07, 6.45) is 3.04. The number of hydrogen-bond donors (Lipinski definition) is 1. The first-order valence-electron chi connectivity index (χ1n) is 7.10. The van der Waals surface area contributed by atoms with Gasteiger partial charge >= 0.3 is 0 Å². The second-order valence-corrected chi connectivity index (χ2v) is 6.86.